The molecule has 41 heavy (non-hydrogen) atoms. The number of nitrogens with one attached hydrogen (secondary N) is 1. The van der Waals surface area contributed by atoms with E-state index in [2.05, 4.69) is 10.3 Å². The lowest BCUT2D eigenvalue weighted by Gasteiger charge is -2.34. The average molecular weight is 593 g/mol. The van der Waals surface area contributed by atoms with E-state index in [1.807, 2.05) is 19.1 Å². The number of nitrogens with zero attached hydrogens (tertiary/aromatic N) is 3. The van der Waals surface area contributed by atoms with E-state index in [-0.39, 0.29) is 55.9 Å². The van der Waals surface area contributed by atoms with Crippen LogP contribution in [-0.4, -0.2) is 62.9 Å². The van der Waals surface area contributed by atoms with Gasteiger partial charge in [0, 0.05) is 30.8 Å². The first kappa shape index (κ1) is 29.2. The number of piperidine rings is 1. The first-order chi connectivity index (χ1) is 19.4. The Morgan fingerprint density at radius 1 is 1.20 bits per heavy atom. The monoisotopic (exact) mass is 592 g/mol. The van der Waals surface area contributed by atoms with Crippen LogP contribution in [0.1, 0.15) is 47.9 Å². The highest BCUT2D eigenvalue weighted by Crippen LogP contribution is 2.35. The van der Waals surface area contributed by atoms with E-state index in [1.54, 1.807) is 21.3 Å². The molecule has 0 saturated carbocycles. The van der Waals surface area contributed by atoms with Crippen molar-refractivity contribution >= 4 is 40.8 Å². The lowest BCUT2D eigenvalue weighted by Crippen LogP contribution is -2.50. The second kappa shape index (κ2) is 11.2. The summed E-state index contributed by atoms with van der Waals surface area (Å²) in [5.74, 6) is -1.95. The molecule has 3 aliphatic rings. The standard InChI is InChI=1S/C28H28F4N4O4S/c1-17-14-20(36-21(16-37)5-7-24(36)38)4-2-18(17)8-13-41(40)35-11-9-27(10-12-35)26(39)33-25(34-27)19-3-6-23(29)22(15-19)28(30,31)32/h2-4,6,8,13-15,21,37H,5,7,9-12,16H2,1H3,(H,33,34,39)/b13-8+/t21-,41+/m1/s1. The van der Waals surface area contributed by atoms with Crippen molar-refractivity contribution in [2.75, 3.05) is 24.6 Å². The second-order valence-electron chi connectivity index (χ2n) is 10.3. The Bertz CT molecular complexity index is 1420. The number of aliphatic imine (C=N–C) groups is 1. The summed E-state index contributed by atoms with van der Waals surface area (Å²) in [7, 11) is 0. The topological polar surface area (TPSA) is 108 Å². The molecule has 3 heterocycles. The molecule has 3 aliphatic heterocycles. The van der Waals surface area contributed by atoms with Gasteiger partial charge in [0.25, 0.3) is 5.91 Å². The average Bonchev–Trinajstić information content (AvgIpc) is 3.46. The number of halogens is 4. The molecule has 2 fully saturated rings. The van der Waals surface area contributed by atoms with E-state index in [0.29, 0.717) is 30.7 Å². The van der Waals surface area contributed by atoms with Crippen molar-refractivity contribution in [3.05, 3.63) is 69.9 Å². The number of hydrogen-bond donors (Lipinski definition) is 2. The Hall–Kier alpha value is -3.26. The molecule has 2 amide bonds. The minimum atomic E-state index is -4.89. The summed E-state index contributed by atoms with van der Waals surface area (Å²) in [6.07, 6.45) is -1.76. The Balaban J connectivity index is 1.24. The highest BCUT2D eigenvalue weighted by atomic mass is 32.2. The van der Waals surface area contributed by atoms with Crippen LogP contribution in [0, 0.1) is 12.7 Å². The Labute approximate surface area is 237 Å². The van der Waals surface area contributed by atoms with Gasteiger partial charge in [-0.15, -0.1) is 4.31 Å². The molecule has 2 saturated heterocycles. The van der Waals surface area contributed by atoms with Gasteiger partial charge < -0.3 is 19.9 Å². The molecule has 2 aromatic carbocycles. The van der Waals surface area contributed by atoms with Gasteiger partial charge in [-0.05, 0) is 73.7 Å². The minimum absolute atomic E-state index is 0.0353. The molecule has 0 unspecified atom stereocenters. The van der Waals surface area contributed by atoms with Gasteiger partial charge in [0.05, 0.1) is 29.6 Å². The number of amides is 2. The Morgan fingerprint density at radius 2 is 1.93 bits per heavy atom. The maximum atomic E-state index is 13.7. The molecule has 0 aromatic heterocycles. The van der Waals surface area contributed by atoms with Crippen LogP contribution in [-0.2, 0) is 27.1 Å². The maximum absolute atomic E-state index is 13.7. The minimum Gasteiger partial charge on any atom is -0.593 e. The van der Waals surface area contributed by atoms with Gasteiger partial charge in [-0.25, -0.2) is 4.39 Å². The van der Waals surface area contributed by atoms with Crippen molar-refractivity contribution in [2.24, 2.45) is 4.99 Å². The van der Waals surface area contributed by atoms with E-state index < -0.39 is 40.4 Å². The van der Waals surface area contributed by atoms with E-state index in [4.69, 9.17) is 0 Å². The number of rotatable bonds is 6. The number of aliphatic hydroxyl groups excluding tert-OH is 1. The second-order valence-corrected chi connectivity index (χ2v) is 11.7. The zero-order valence-electron chi connectivity index (χ0n) is 22.1. The molecule has 0 bridgehead atoms. The molecule has 13 heteroatoms. The van der Waals surface area contributed by atoms with Gasteiger partial charge >= 0.3 is 6.18 Å². The maximum Gasteiger partial charge on any atom is 0.419 e. The van der Waals surface area contributed by atoms with Gasteiger partial charge in [-0.1, -0.05) is 6.07 Å². The Morgan fingerprint density at radius 3 is 2.59 bits per heavy atom. The first-order valence-electron chi connectivity index (χ1n) is 13.1. The third kappa shape index (κ3) is 5.76. The summed E-state index contributed by atoms with van der Waals surface area (Å²) in [4.78, 5) is 31.1. The number of aryl methyl sites for hydroxylation is 1. The predicted molar refractivity (Wildman–Crippen MR) is 146 cm³/mol. The van der Waals surface area contributed by atoms with Crippen LogP contribution in [0.15, 0.2) is 46.8 Å². The summed E-state index contributed by atoms with van der Waals surface area (Å²) in [6, 6.07) is 7.69. The molecular weight excluding hydrogens is 564 g/mol. The molecule has 0 aliphatic carbocycles. The fourth-order valence-electron chi connectivity index (χ4n) is 5.40. The van der Waals surface area contributed by atoms with Gasteiger partial charge in [-0.2, -0.15) is 13.2 Å². The molecular formula is C28H28F4N4O4S. The van der Waals surface area contributed by atoms with Crippen molar-refractivity contribution in [1.82, 2.24) is 9.62 Å². The van der Waals surface area contributed by atoms with E-state index in [1.165, 1.54) is 5.41 Å². The molecule has 1 spiro atoms. The first-order valence-corrected chi connectivity index (χ1v) is 14.2. The number of carbonyl (C=O) groups is 2. The molecule has 2 atom stereocenters. The van der Waals surface area contributed by atoms with Crippen molar-refractivity contribution in [3.63, 3.8) is 0 Å². The van der Waals surface area contributed by atoms with Crippen molar-refractivity contribution in [1.29, 1.82) is 0 Å². The number of hydrogen-bond acceptors (Lipinski definition) is 6. The normalized spacial score (nSPS) is 22.1. The van der Waals surface area contributed by atoms with Gasteiger partial charge in [0.2, 0.25) is 5.91 Å². The number of aliphatic hydroxyl groups is 1. The number of amidine groups is 1. The molecule has 5 rings (SSSR count). The SMILES string of the molecule is Cc1cc(N2C(=O)CC[C@@H]2CO)ccc1/C=C/[S@+]([O-])N1CCC2(CC1)N=C(c1ccc(F)c(C(F)(F)F)c1)NC2=O. The summed E-state index contributed by atoms with van der Waals surface area (Å²) in [5, 5.41) is 13.7. The zero-order chi connectivity index (χ0) is 29.5. The van der Waals surface area contributed by atoms with Crippen LogP contribution in [0.3, 0.4) is 0 Å². The molecule has 8 nitrogen and oxygen atoms in total. The van der Waals surface area contributed by atoms with Crippen LogP contribution in [0.4, 0.5) is 23.2 Å². The van der Waals surface area contributed by atoms with E-state index in [9.17, 15) is 36.8 Å². The van der Waals surface area contributed by atoms with E-state index in [0.717, 1.165) is 17.2 Å². The lowest BCUT2D eigenvalue weighted by atomic mass is 9.89. The Kier molecular flexibility index (Phi) is 7.99. The number of benzene rings is 2. The van der Waals surface area contributed by atoms with Gasteiger partial charge in [-0.3, -0.25) is 14.6 Å². The van der Waals surface area contributed by atoms with Crippen LogP contribution < -0.4 is 10.2 Å². The van der Waals surface area contributed by atoms with Gasteiger partial charge in [0.1, 0.15) is 22.6 Å². The zero-order valence-corrected chi connectivity index (χ0v) is 22.9. The van der Waals surface area contributed by atoms with Crippen LogP contribution >= 0.6 is 0 Å². The highest BCUT2D eigenvalue weighted by molar-refractivity contribution is 7.92. The number of alkyl halides is 3. The van der Waals surface area contributed by atoms with Crippen molar-refractivity contribution in [3.8, 4) is 0 Å². The quantitative estimate of drug-likeness (QED) is 0.393. The fraction of sp³-hybridized carbons (Fsp3) is 0.393. The smallest absolute Gasteiger partial charge is 0.419 e. The van der Waals surface area contributed by atoms with Crippen LogP contribution in [0.2, 0.25) is 0 Å². The summed E-state index contributed by atoms with van der Waals surface area (Å²) < 4.78 is 67.8. The third-order valence-corrected chi connectivity index (χ3v) is 9.00. The van der Waals surface area contributed by atoms with Crippen molar-refractivity contribution < 1.29 is 36.8 Å². The lowest BCUT2D eigenvalue weighted by molar-refractivity contribution is -0.140. The molecule has 2 aromatic rings. The summed E-state index contributed by atoms with van der Waals surface area (Å²) in [5.41, 5.74) is -0.297. The number of carbonyl (C=O) groups excluding carboxylic acids is 2. The third-order valence-electron chi connectivity index (χ3n) is 7.76. The van der Waals surface area contributed by atoms with Crippen LogP contribution in [0.25, 0.3) is 6.08 Å². The van der Waals surface area contributed by atoms with Gasteiger partial charge in [0.15, 0.2) is 0 Å². The molecule has 218 valence electrons. The largest absolute Gasteiger partial charge is 0.593 e. The van der Waals surface area contributed by atoms with E-state index >= 15 is 0 Å². The predicted octanol–water partition coefficient (Wildman–Crippen LogP) is 3.69. The number of anilines is 1. The molecule has 0 radical (unpaired) electrons. The molecule has 2 N–H and O–H groups in total. The van der Waals surface area contributed by atoms with Crippen molar-refractivity contribution in [2.45, 2.75) is 50.4 Å². The summed E-state index contributed by atoms with van der Waals surface area (Å²) >= 11 is -1.52. The summed E-state index contributed by atoms with van der Waals surface area (Å²) in [6.45, 7) is 2.28. The fourth-order valence-corrected chi connectivity index (χ4v) is 6.38. The van der Waals surface area contributed by atoms with Crippen LogP contribution in [0.5, 0.6) is 0 Å². The highest BCUT2D eigenvalue weighted by Gasteiger charge is 2.48.